The Hall–Kier alpha value is -3.10. The van der Waals surface area contributed by atoms with E-state index in [1.165, 1.54) is 0 Å². The normalized spacial score (nSPS) is 31.9. The summed E-state index contributed by atoms with van der Waals surface area (Å²) in [7, 11) is 0. The molecule has 28 heavy (non-hydrogen) atoms. The van der Waals surface area contributed by atoms with E-state index in [2.05, 4.69) is 23.7 Å². The fraction of sp³-hybridized carbons (Fsp3) is 0.571. The Morgan fingerprint density at radius 1 is 0.786 bits per heavy atom. The highest BCUT2D eigenvalue weighted by atomic mass is 16.8. The maximum atomic E-state index is 12.5. The molecule has 2 aliphatic rings. The number of esters is 5. The van der Waals surface area contributed by atoms with Gasteiger partial charge in [-0.25, -0.2) is 19.2 Å². The number of ether oxygens (including phenoxy) is 5. The number of hydrogen-bond acceptors (Lipinski definition) is 14. The summed E-state index contributed by atoms with van der Waals surface area (Å²) in [6, 6.07) is 0. The number of aliphatic hydroxyl groups is 3. The summed E-state index contributed by atoms with van der Waals surface area (Å²) in [5.41, 5.74) is 0. The minimum absolute atomic E-state index is 0.805. The van der Waals surface area contributed by atoms with Gasteiger partial charge in [0.1, 0.15) is 13.2 Å². The lowest BCUT2D eigenvalue weighted by atomic mass is 10.2. The van der Waals surface area contributed by atoms with Crippen molar-refractivity contribution in [1.82, 2.24) is 0 Å². The molecule has 2 heterocycles. The minimum Gasteiger partial charge on any atom is -0.442 e. The number of Topliss-reactive ketones (excluding diaryl/α,β-unsaturated/α-hetero) is 1. The molecule has 3 N–H and O–H groups in total. The molecule has 2 saturated heterocycles. The number of cyclic esters (lactones) is 1. The second kappa shape index (κ2) is 7.87. The molecule has 3 atom stereocenters. The van der Waals surface area contributed by atoms with Crippen LogP contribution in [-0.4, -0.2) is 88.4 Å². The summed E-state index contributed by atoms with van der Waals surface area (Å²) in [4.78, 5) is 72.4. The minimum atomic E-state index is -3.32. The van der Waals surface area contributed by atoms with Crippen molar-refractivity contribution < 1.29 is 67.8 Å². The van der Waals surface area contributed by atoms with E-state index >= 15 is 0 Å². The van der Waals surface area contributed by atoms with Gasteiger partial charge in [-0.3, -0.25) is 9.59 Å². The Balaban J connectivity index is 2.68. The highest BCUT2D eigenvalue weighted by molar-refractivity contribution is 6.34. The molecular formula is C14H14O14. The molecular weight excluding hydrogens is 392 g/mol. The quantitative estimate of drug-likeness (QED) is 0.231. The molecule has 0 amide bonds. The number of fused-ring (bicyclic) bond motifs is 3. The molecule has 0 aromatic carbocycles. The third kappa shape index (κ3) is 3.78. The number of carbonyl (C=O) groups is 6. The molecule has 2 bridgehead atoms. The summed E-state index contributed by atoms with van der Waals surface area (Å²) in [5.74, 6) is -16.5. The van der Waals surface area contributed by atoms with Crippen LogP contribution in [0.2, 0.25) is 0 Å². The number of aliphatic hydroxyl groups excluding tert-OH is 3. The fourth-order valence-corrected chi connectivity index (χ4v) is 2.06. The van der Waals surface area contributed by atoms with Gasteiger partial charge in [-0.2, -0.15) is 0 Å². The van der Waals surface area contributed by atoms with E-state index in [1.807, 2.05) is 0 Å². The maximum Gasteiger partial charge on any atom is 0.399 e. The molecule has 14 nitrogen and oxygen atoms in total. The predicted molar refractivity (Wildman–Crippen MR) is 75.2 cm³/mol. The average Bonchev–Trinajstić information content (AvgIpc) is 2.68. The molecule has 3 unspecified atom stereocenters. The monoisotopic (exact) mass is 406 g/mol. The predicted octanol–water partition coefficient (Wildman–Crippen LogP) is -4.18. The SMILES string of the molecule is O=C1CCC(=O)C(=O)OC2(CO)OC(=O)C(CO)(O1)OC(=O)C(CO)OC2=O. The topological polar surface area (TPSA) is 209 Å². The van der Waals surface area contributed by atoms with Crippen molar-refractivity contribution in [2.45, 2.75) is 30.5 Å². The zero-order valence-corrected chi connectivity index (χ0v) is 13.9. The van der Waals surface area contributed by atoms with Crippen LogP contribution in [0.25, 0.3) is 0 Å². The van der Waals surface area contributed by atoms with Gasteiger partial charge < -0.3 is 39.0 Å². The molecule has 0 aromatic rings. The van der Waals surface area contributed by atoms with Crippen LogP contribution in [0.4, 0.5) is 0 Å². The Labute approximate surface area is 154 Å². The first kappa shape index (κ1) is 21.2. The van der Waals surface area contributed by atoms with Gasteiger partial charge in [-0.15, -0.1) is 0 Å². The molecule has 2 fully saturated rings. The highest BCUT2D eigenvalue weighted by Crippen LogP contribution is 2.28. The van der Waals surface area contributed by atoms with Crippen molar-refractivity contribution in [2.75, 3.05) is 19.8 Å². The van der Waals surface area contributed by atoms with Crippen molar-refractivity contribution >= 4 is 35.6 Å². The molecule has 0 aromatic heterocycles. The largest absolute Gasteiger partial charge is 0.442 e. The van der Waals surface area contributed by atoms with Crippen LogP contribution >= 0.6 is 0 Å². The Morgan fingerprint density at radius 3 is 1.96 bits per heavy atom. The van der Waals surface area contributed by atoms with Gasteiger partial charge in [0.25, 0.3) is 0 Å². The summed E-state index contributed by atoms with van der Waals surface area (Å²) in [6.45, 7) is -4.35. The van der Waals surface area contributed by atoms with Crippen LogP contribution in [-0.2, 0) is 52.5 Å². The van der Waals surface area contributed by atoms with E-state index in [-0.39, 0.29) is 0 Å². The Bertz CT molecular complexity index is 728. The first-order valence-corrected chi connectivity index (χ1v) is 7.61. The number of hydrogen-bond donors (Lipinski definition) is 3. The average molecular weight is 406 g/mol. The first-order chi connectivity index (χ1) is 13.1. The highest BCUT2D eigenvalue weighted by Gasteiger charge is 2.59. The zero-order valence-electron chi connectivity index (χ0n) is 13.9. The second-order valence-corrected chi connectivity index (χ2v) is 5.50. The van der Waals surface area contributed by atoms with Gasteiger partial charge in [-0.05, 0) is 0 Å². The van der Waals surface area contributed by atoms with Crippen LogP contribution in [0.3, 0.4) is 0 Å². The van der Waals surface area contributed by atoms with Gasteiger partial charge in [0.15, 0.2) is 0 Å². The number of ketones is 1. The van der Waals surface area contributed by atoms with Crippen molar-refractivity contribution in [2.24, 2.45) is 0 Å². The van der Waals surface area contributed by atoms with Crippen molar-refractivity contribution in [3.05, 3.63) is 0 Å². The van der Waals surface area contributed by atoms with Crippen LogP contribution in [0.1, 0.15) is 12.8 Å². The smallest absolute Gasteiger partial charge is 0.399 e. The summed E-state index contributed by atoms with van der Waals surface area (Å²) in [6.07, 6.45) is -3.77. The molecule has 2 aliphatic heterocycles. The van der Waals surface area contributed by atoms with Gasteiger partial charge >= 0.3 is 41.4 Å². The van der Waals surface area contributed by atoms with Gasteiger partial charge in [0, 0.05) is 6.42 Å². The maximum absolute atomic E-state index is 12.5. The lowest BCUT2D eigenvalue weighted by molar-refractivity contribution is -0.274. The third-order valence-corrected chi connectivity index (χ3v) is 3.56. The zero-order chi connectivity index (χ0) is 21.1. The summed E-state index contributed by atoms with van der Waals surface area (Å²) < 4.78 is 22.8. The fourth-order valence-electron chi connectivity index (χ4n) is 2.06. The number of carbonyl (C=O) groups excluding carboxylic acids is 6. The first-order valence-electron chi connectivity index (χ1n) is 7.61. The van der Waals surface area contributed by atoms with E-state index < -0.39 is 86.0 Å². The lowest BCUT2D eigenvalue weighted by Gasteiger charge is -2.31. The van der Waals surface area contributed by atoms with E-state index in [9.17, 15) is 44.1 Å². The van der Waals surface area contributed by atoms with Crippen LogP contribution < -0.4 is 0 Å². The van der Waals surface area contributed by atoms with E-state index in [0.717, 1.165) is 0 Å². The summed E-state index contributed by atoms with van der Waals surface area (Å²) in [5, 5.41) is 28.3. The lowest BCUT2D eigenvalue weighted by Crippen LogP contribution is -2.57. The number of rotatable bonds is 3. The molecule has 0 spiro atoms. The molecule has 0 aliphatic carbocycles. The standard InChI is InChI=1S/C14H14O14/c15-3-7-10(21)27-14(5-17)12(23)28-13(4-16,11(22)24-7)26-9(20)6(18)1-2-8(19)25-14/h7,15-17H,1-5H2. The molecule has 2 rings (SSSR count). The van der Waals surface area contributed by atoms with Gasteiger partial charge in [0.05, 0.1) is 13.0 Å². The van der Waals surface area contributed by atoms with Gasteiger partial charge in [0.2, 0.25) is 11.9 Å². The van der Waals surface area contributed by atoms with Gasteiger partial charge in [-0.1, -0.05) is 0 Å². The van der Waals surface area contributed by atoms with Crippen molar-refractivity contribution in [3.8, 4) is 0 Å². The van der Waals surface area contributed by atoms with Crippen molar-refractivity contribution in [3.63, 3.8) is 0 Å². The molecule has 154 valence electrons. The van der Waals surface area contributed by atoms with E-state index in [0.29, 0.717) is 0 Å². The van der Waals surface area contributed by atoms with Crippen LogP contribution in [0, 0.1) is 0 Å². The van der Waals surface area contributed by atoms with Crippen LogP contribution in [0.15, 0.2) is 0 Å². The summed E-state index contributed by atoms with van der Waals surface area (Å²) >= 11 is 0. The molecule has 0 radical (unpaired) electrons. The van der Waals surface area contributed by atoms with E-state index in [4.69, 9.17) is 0 Å². The van der Waals surface area contributed by atoms with E-state index in [1.54, 1.807) is 0 Å². The second-order valence-electron chi connectivity index (χ2n) is 5.50. The van der Waals surface area contributed by atoms with Crippen LogP contribution in [0.5, 0.6) is 0 Å². The Kier molecular flexibility index (Phi) is 5.96. The van der Waals surface area contributed by atoms with Crippen molar-refractivity contribution in [1.29, 1.82) is 0 Å². The Morgan fingerprint density at radius 2 is 1.39 bits per heavy atom. The molecule has 14 heteroatoms. The third-order valence-electron chi connectivity index (χ3n) is 3.56. The molecule has 0 saturated carbocycles.